The predicted octanol–water partition coefficient (Wildman–Crippen LogP) is 0.175. The first-order chi connectivity index (χ1) is 8.82. The lowest BCUT2D eigenvalue weighted by Crippen LogP contribution is -2.43. The van der Waals surface area contributed by atoms with E-state index in [9.17, 15) is 14.4 Å². The molecule has 19 heavy (non-hydrogen) atoms. The summed E-state index contributed by atoms with van der Waals surface area (Å²) < 4.78 is 0. The number of hydrogen-bond donors (Lipinski definition) is 1. The number of amides is 2. The van der Waals surface area contributed by atoms with E-state index in [1.165, 1.54) is 4.90 Å². The largest absolute Gasteiger partial charge is 0.481 e. The molecule has 2 rings (SSSR count). The van der Waals surface area contributed by atoms with Crippen LogP contribution in [0.3, 0.4) is 0 Å². The Bertz CT molecular complexity index is 421. The summed E-state index contributed by atoms with van der Waals surface area (Å²) in [6.45, 7) is 6.41. The maximum Gasteiger partial charge on any atom is 0.308 e. The molecule has 2 fully saturated rings. The minimum absolute atomic E-state index is 0.00787. The van der Waals surface area contributed by atoms with E-state index in [0.717, 1.165) is 0 Å². The number of carbonyl (C=O) groups is 3. The van der Waals surface area contributed by atoms with Crippen LogP contribution in [0.25, 0.3) is 0 Å². The first kappa shape index (κ1) is 14.0. The van der Waals surface area contributed by atoms with Crippen LogP contribution < -0.4 is 0 Å². The number of imide groups is 1. The van der Waals surface area contributed by atoms with Crippen molar-refractivity contribution in [3.63, 3.8) is 0 Å². The van der Waals surface area contributed by atoms with Crippen molar-refractivity contribution in [3.05, 3.63) is 0 Å². The van der Waals surface area contributed by atoms with E-state index in [1.54, 1.807) is 0 Å². The highest BCUT2D eigenvalue weighted by Crippen LogP contribution is 2.29. The first-order valence-electron chi connectivity index (χ1n) is 6.65. The lowest BCUT2D eigenvalue weighted by Gasteiger charge is -2.23. The molecule has 3 atom stereocenters. The third-order valence-corrected chi connectivity index (χ3v) is 4.07. The standard InChI is InChI=1S/C13H20N2O4/c1-7(2)15-11(16)4-10(12(15)17)14-5-8(3)9(6-14)13(18)19/h7-10H,4-6H2,1-3H3,(H,18,19). The fourth-order valence-corrected chi connectivity index (χ4v) is 3.04. The molecule has 2 heterocycles. The van der Waals surface area contributed by atoms with Gasteiger partial charge in [-0.3, -0.25) is 24.2 Å². The van der Waals surface area contributed by atoms with Crippen molar-refractivity contribution in [2.45, 2.75) is 39.3 Å². The van der Waals surface area contributed by atoms with Crippen molar-refractivity contribution in [2.24, 2.45) is 11.8 Å². The molecule has 0 aromatic heterocycles. The third-order valence-electron chi connectivity index (χ3n) is 4.07. The average molecular weight is 268 g/mol. The number of rotatable bonds is 3. The Balaban J connectivity index is 2.11. The van der Waals surface area contributed by atoms with Crippen LogP contribution in [0.1, 0.15) is 27.2 Å². The summed E-state index contributed by atoms with van der Waals surface area (Å²) in [6, 6.07) is -0.609. The summed E-state index contributed by atoms with van der Waals surface area (Å²) in [4.78, 5) is 38.3. The normalized spacial score (nSPS) is 32.6. The summed E-state index contributed by atoms with van der Waals surface area (Å²) >= 11 is 0. The average Bonchev–Trinajstić information content (AvgIpc) is 2.79. The lowest BCUT2D eigenvalue weighted by molar-refractivity contribution is -0.144. The van der Waals surface area contributed by atoms with Crippen molar-refractivity contribution in [1.29, 1.82) is 0 Å². The van der Waals surface area contributed by atoms with Crippen LogP contribution in [0.2, 0.25) is 0 Å². The van der Waals surface area contributed by atoms with E-state index < -0.39 is 17.9 Å². The summed E-state index contributed by atoms with van der Waals surface area (Å²) in [5, 5.41) is 9.11. The second kappa shape index (κ2) is 4.92. The number of carboxylic acid groups (broad SMARTS) is 1. The van der Waals surface area contributed by atoms with Crippen molar-refractivity contribution in [1.82, 2.24) is 9.80 Å². The van der Waals surface area contributed by atoms with Crippen molar-refractivity contribution in [2.75, 3.05) is 13.1 Å². The molecule has 106 valence electrons. The van der Waals surface area contributed by atoms with Gasteiger partial charge < -0.3 is 5.11 Å². The number of carbonyl (C=O) groups excluding carboxylic acids is 2. The number of hydrogen-bond acceptors (Lipinski definition) is 4. The van der Waals surface area contributed by atoms with E-state index >= 15 is 0 Å². The van der Waals surface area contributed by atoms with Gasteiger partial charge in [0.1, 0.15) is 0 Å². The molecule has 6 heteroatoms. The van der Waals surface area contributed by atoms with E-state index in [1.807, 2.05) is 25.7 Å². The lowest BCUT2D eigenvalue weighted by atomic mass is 9.99. The van der Waals surface area contributed by atoms with E-state index in [0.29, 0.717) is 13.1 Å². The van der Waals surface area contributed by atoms with Crippen LogP contribution in [-0.4, -0.2) is 57.9 Å². The van der Waals surface area contributed by atoms with Crippen molar-refractivity contribution < 1.29 is 19.5 Å². The molecule has 0 aromatic carbocycles. The SMILES string of the molecule is CC1CN(C2CC(=O)N(C(C)C)C2=O)CC1C(=O)O. The Morgan fingerprint density at radius 1 is 1.32 bits per heavy atom. The summed E-state index contributed by atoms with van der Waals surface area (Å²) in [7, 11) is 0. The Kier molecular flexibility index (Phi) is 3.62. The molecular formula is C13H20N2O4. The molecule has 0 saturated carbocycles. The molecule has 2 aliphatic rings. The van der Waals surface area contributed by atoms with Gasteiger partial charge in [-0.15, -0.1) is 0 Å². The Morgan fingerprint density at radius 2 is 1.95 bits per heavy atom. The molecule has 0 aliphatic carbocycles. The number of carboxylic acids is 1. The Labute approximate surface area is 112 Å². The molecule has 2 saturated heterocycles. The van der Waals surface area contributed by atoms with Gasteiger partial charge >= 0.3 is 5.97 Å². The highest BCUT2D eigenvalue weighted by Gasteiger charge is 2.47. The maximum absolute atomic E-state index is 12.2. The Hall–Kier alpha value is -1.43. The number of likely N-dealkylation sites (tertiary alicyclic amines) is 2. The molecular weight excluding hydrogens is 248 g/mol. The summed E-state index contributed by atoms with van der Waals surface area (Å²) in [6.07, 6.45) is 0.177. The number of nitrogens with zero attached hydrogens (tertiary/aromatic N) is 2. The molecule has 0 spiro atoms. The molecule has 3 unspecified atom stereocenters. The second-order valence-corrected chi connectivity index (χ2v) is 5.79. The quantitative estimate of drug-likeness (QED) is 0.738. The number of aliphatic carboxylic acids is 1. The highest BCUT2D eigenvalue weighted by molar-refractivity contribution is 6.05. The molecule has 2 aliphatic heterocycles. The minimum Gasteiger partial charge on any atom is -0.481 e. The van der Waals surface area contributed by atoms with Crippen molar-refractivity contribution >= 4 is 17.8 Å². The van der Waals surface area contributed by atoms with Gasteiger partial charge in [0.2, 0.25) is 11.8 Å². The third kappa shape index (κ3) is 2.36. The molecule has 1 N–H and O–H groups in total. The van der Waals surface area contributed by atoms with E-state index in [4.69, 9.17) is 5.11 Å². The van der Waals surface area contributed by atoms with Crippen LogP contribution in [0.5, 0.6) is 0 Å². The zero-order chi connectivity index (χ0) is 14.3. The predicted molar refractivity (Wildman–Crippen MR) is 67.3 cm³/mol. The van der Waals surface area contributed by atoms with Crippen molar-refractivity contribution in [3.8, 4) is 0 Å². The van der Waals surface area contributed by atoms with Gasteiger partial charge in [-0.2, -0.15) is 0 Å². The fraction of sp³-hybridized carbons (Fsp3) is 0.769. The van der Waals surface area contributed by atoms with E-state index in [2.05, 4.69) is 0 Å². The van der Waals surface area contributed by atoms with Crippen LogP contribution >= 0.6 is 0 Å². The van der Waals surface area contributed by atoms with Crippen LogP contribution in [0.15, 0.2) is 0 Å². The first-order valence-corrected chi connectivity index (χ1v) is 6.65. The van der Waals surface area contributed by atoms with Gasteiger partial charge in [-0.25, -0.2) is 0 Å². The molecule has 0 bridgehead atoms. The van der Waals surface area contributed by atoms with E-state index in [-0.39, 0.29) is 30.2 Å². The van der Waals surface area contributed by atoms with Crippen LogP contribution in [0, 0.1) is 11.8 Å². The fourth-order valence-electron chi connectivity index (χ4n) is 3.04. The van der Waals surface area contributed by atoms with Gasteiger partial charge in [0.15, 0.2) is 0 Å². The topological polar surface area (TPSA) is 77.9 Å². The van der Waals surface area contributed by atoms with Gasteiger partial charge in [-0.05, 0) is 19.8 Å². The van der Waals surface area contributed by atoms with Gasteiger partial charge in [0.25, 0.3) is 0 Å². The molecule has 0 radical (unpaired) electrons. The zero-order valence-electron chi connectivity index (χ0n) is 11.5. The smallest absolute Gasteiger partial charge is 0.308 e. The highest BCUT2D eigenvalue weighted by atomic mass is 16.4. The zero-order valence-corrected chi connectivity index (χ0v) is 11.5. The summed E-state index contributed by atoms with van der Waals surface area (Å²) in [5.41, 5.74) is 0. The minimum atomic E-state index is -0.826. The molecule has 2 amide bonds. The van der Waals surface area contributed by atoms with Gasteiger partial charge in [-0.1, -0.05) is 6.92 Å². The van der Waals surface area contributed by atoms with Gasteiger partial charge in [0, 0.05) is 19.1 Å². The Morgan fingerprint density at radius 3 is 2.37 bits per heavy atom. The van der Waals surface area contributed by atoms with Crippen LogP contribution in [-0.2, 0) is 14.4 Å². The maximum atomic E-state index is 12.2. The van der Waals surface area contributed by atoms with Crippen LogP contribution in [0.4, 0.5) is 0 Å². The molecule has 0 aromatic rings. The summed E-state index contributed by atoms with van der Waals surface area (Å²) in [5.74, 6) is -1.60. The van der Waals surface area contributed by atoms with Gasteiger partial charge in [0.05, 0.1) is 18.4 Å². The monoisotopic (exact) mass is 268 g/mol. The molecule has 6 nitrogen and oxygen atoms in total. The second-order valence-electron chi connectivity index (χ2n) is 5.79.